The quantitative estimate of drug-likeness (QED) is 0.710. The summed E-state index contributed by atoms with van der Waals surface area (Å²) in [5, 5.41) is 11.9. The molecule has 0 aromatic heterocycles. The summed E-state index contributed by atoms with van der Waals surface area (Å²) >= 11 is 0. The van der Waals surface area contributed by atoms with Crippen molar-refractivity contribution in [2.45, 2.75) is 32.4 Å². The number of hydrogen-bond acceptors (Lipinski definition) is 4. The van der Waals surface area contributed by atoms with Gasteiger partial charge in [-0.2, -0.15) is 0 Å². The number of carboxylic acids is 1. The van der Waals surface area contributed by atoms with Gasteiger partial charge in [-0.25, -0.2) is 4.79 Å². The van der Waals surface area contributed by atoms with Crippen LogP contribution >= 0.6 is 0 Å². The number of Topliss-reactive ketones (excluding diaryl/α,β-unsaturated/α-hetero) is 1. The van der Waals surface area contributed by atoms with E-state index >= 15 is 0 Å². The molecule has 0 radical (unpaired) electrons. The molecule has 0 saturated heterocycles. The average molecular weight is 355 g/mol. The smallest absolute Gasteiger partial charge is 0.326 e. The van der Waals surface area contributed by atoms with Gasteiger partial charge in [0.1, 0.15) is 11.8 Å². The lowest BCUT2D eigenvalue weighted by Crippen LogP contribution is -2.47. The molecule has 26 heavy (non-hydrogen) atoms. The fourth-order valence-corrected chi connectivity index (χ4v) is 2.38. The van der Waals surface area contributed by atoms with Crippen molar-refractivity contribution in [1.82, 2.24) is 5.32 Å². The van der Waals surface area contributed by atoms with Crippen LogP contribution in [0.25, 0.3) is 0 Å². The number of aliphatic carboxylic acids is 1. The number of ether oxygens (including phenoxy) is 1. The number of benzene rings is 2. The van der Waals surface area contributed by atoms with Crippen molar-refractivity contribution in [3.8, 4) is 5.75 Å². The predicted molar refractivity (Wildman–Crippen MR) is 96.2 cm³/mol. The van der Waals surface area contributed by atoms with Crippen LogP contribution in [0.3, 0.4) is 0 Å². The molecule has 0 aliphatic heterocycles. The van der Waals surface area contributed by atoms with E-state index in [-0.39, 0.29) is 12.2 Å². The first kappa shape index (κ1) is 19.2. The molecule has 0 heterocycles. The van der Waals surface area contributed by atoms with Gasteiger partial charge in [0, 0.05) is 12.0 Å². The normalized spacial score (nSPS) is 12.7. The fourth-order valence-electron chi connectivity index (χ4n) is 2.38. The second kappa shape index (κ2) is 8.80. The van der Waals surface area contributed by atoms with Gasteiger partial charge in [-0.05, 0) is 31.5 Å². The van der Waals surface area contributed by atoms with Crippen LogP contribution in [0.2, 0.25) is 0 Å². The Hall–Kier alpha value is -3.15. The summed E-state index contributed by atoms with van der Waals surface area (Å²) in [4.78, 5) is 35.2. The van der Waals surface area contributed by atoms with Crippen LogP contribution in [0.4, 0.5) is 0 Å². The topological polar surface area (TPSA) is 92.7 Å². The third kappa shape index (κ3) is 5.44. The number of hydrogen-bond donors (Lipinski definition) is 2. The molecule has 0 aliphatic rings. The molecule has 2 atom stereocenters. The van der Waals surface area contributed by atoms with E-state index in [9.17, 15) is 19.5 Å². The minimum absolute atomic E-state index is 0.110. The molecule has 2 unspecified atom stereocenters. The number of carbonyl (C=O) groups is 3. The van der Waals surface area contributed by atoms with E-state index in [0.29, 0.717) is 11.3 Å². The Bertz CT molecular complexity index is 788. The third-order valence-corrected chi connectivity index (χ3v) is 3.82. The van der Waals surface area contributed by atoms with Crippen LogP contribution in [-0.2, 0) is 16.0 Å². The molecule has 0 bridgehead atoms. The summed E-state index contributed by atoms with van der Waals surface area (Å²) in [6.45, 7) is 2.97. The molecule has 0 saturated carbocycles. The minimum Gasteiger partial charge on any atom is -0.481 e. The Morgan fingerprint density at radius 2 is 1.77 bits per heavy atom. The highest BCUT2D eigenvalue weighted by atomic mass is 16.5. The summed E-state index contributed by atoms with van der Waals surface area (Å²) < 4.78 is 5.54. The molecule has 0 aliphatic carbocycles. The van der Waals surface area contributed by atoms with E-state index in [1.54, 1.807) is 36.4 Å². The SMILES string of the molecule is CC(=O)c1cccc(OC(C)C(=O)NC(Cc2ccccc2)C(=O)O)c1. The van der Waals surface area contributed by atoms with Crippen LogP contribution in [0.1, 0.15) is 29.8 Å². The van der Waals surface area contributed by atoms with Gasteiger partial charge in [0.15, 0.2) is 11.9 Å². The molecule has 2 aromatic rings. The summed E-state index contributed by atoms with van der Waals surface area (Å²) in [6, 6.07) is 14.5. The van der Waals surface area contributed by atoms with Gasteiger partial charge in [-0.15, -0.1) is 0 Å². The molecule has 0 fully saturated rings. The maximum absolute atomic E-state index is 12.3. The molecule has 1 amide bonds. The summed E-state index contributed by atoms with van der Waals surface area (Å²) in [7, 11) is 0. The molecular formula is C20H21NO5. The molecule has 6 nitrogen and oxygen atoms in total. The average Bonchev–Trinajstić information content (AvgIpc) is 2.62. The van der Waals surface area contributed by atoms with Crippen molar-refractivity contribution in [1.29, 1.82) is 0 Å². The van der Waals surface area contributed by atoms with Crippen LogP contribution in [-0.4, -0.2) is 34.9 Å². The number of carbonyl (C=O) groups excluding carboxylic acids is 2. The monoisotopic (exact) mass is 355 g/mol. The van der Waals surface area contributed by atoms with Crippen LogP contribution in [0, 0.1) is 0 Å². The largest absolute Gasteiger partial charge is 0.481 e. The number of carboxylic acid groups (broad SMARTS) is 1. The van der Waals surface area contributed by atoms with E-state index in [1.807, 2.05) is 18.2 Å². The molecule has 6 heteroatoms. The Morgan fingerprint density at radius 3 is 2.38 bits per heavy atom. The van der Waals surface area contributed by atoms with Crippen molar-refractivity contribution in [3.05, 3.63) is 65.7 Å². The van der Waals surface area contributed by atoms with E-state index in [2.05, 4.69) is 5.32 Å². The van der Waals surface area contributed by atoms with Gasteiger partial charge >= 0.3 is 5.97 Å². The lowest BCUT2D eigenvalue weighted by molar-refractivity contribution is -0.142. The number of amides is 1. The van der Waals surface area contributed by atoms with Gasteiger partial charge in [-0.3, -0.25) is 9.59 Å². The maximum atomic E-state index is 12.3. The molecule has 2 rings (SSSR count). The Labute approximate surface area is 151 Å². The van der Waals surface area contributed by atoms with Gasteiger partial charge in [0.25, 0.3) is 5.91 Å². The summed E-state index contributed by atoms with van der Waals surface area (Å²) in [6.07, 6.45) is -0.733. The molecule has 2 aromatic carbocycles. The predicted octanol–water partition coefficient (Wildman–Crippen LogP) is 2.47. The van der Waals surface area contributed by atoms with E-state index in [0.717, 1.165) is 5.56 Å². The molecule has 2 N–H and O–H groups in total. The lowest BCUT2D eigenvalue weighted by atomic mass is 10.1. The first-order chi connectivity index (χ1) is 12.4. The zero-order valence-corrected chi connectivity index (χ0v) is 14.6. The number of rotatable bonds is 8. The van der Waals surface area contributed by atoms with Crippen LogP contribution in [0.5, 0.6) is 5.75 Å². The first-order valence-corrected chi connectivity index (χ1v) is 8.21. The zero-order chi connectivity index (χ0) is 19.1. The van der Waals surface area contributed by atoms with E-state index in [4.69, 9.17) is 4.74 Å². The zero-order valence-electron chi connectivity index (χ0n) is 14.6. The van der Waals surface area contributed by atoms with Crippen LogP contribution < -0.4 is 10.1 Å². The van der Waals surface area contributed by atoms with E-state index < -0.39 is 24.0 Å². The Morgan fingerprint density at radius 1 is 1.08 bits per heavy atom. The second-order valence-corrected chi connectivity index (χ2v) is 5.93. The van der Waals surface area contributed by atoms with Crippen molar-refractivity contribution in [3.63, 3.8) is 0 Å². The molecule has 0 spiro atoms. The highest BCUT2D eigenvalue weighted by Crippen LogP contribution is 2.15. The molecule has 136 valence electrons. The van der Waals surface area contributed by atoms with Gasteiger partial charge in [-0.1, -0.05) is 42.5 Å². The summed E-state index contributed by atoms with van der Waals surface area (Å²) in [5.41, 5.74) is 1.28. The highest BCUT2D eigenvalue weighted by Gasteiger charge is 2.24. The standard InChI is InChI=1S/C20H21NO5/c1-13(22)16-9-6-10-17(12-16)26-14(2)19(23)21-18(20(24)25)11-15-7-4-3-5-8-15/h3-10,12,14,18H,11H2,1-2H3,(H,21,23)(H,24,25). The Kier molecular flexibility index (Phi) is 6.49. The Balaban J connectivity index is 2.01. The van der Waals surface area contributed by atoms with Crippen molar-refractivity contribution in [2.75, 3.05) is 0 Å². The first-order valence-electron chi connectivity index (χ1n) is 8.21. The van der Waals surface area contributed by atoms with Crippen molar-refractivity contribution >= 4 is 17.7 Å². The fraction of sp³-hybridized carbons (Fsp3) is 0.250. The van der Waals surface area contributed by atoms with Crippen molar-refractivity contribution < 1.29 is 24.2 Å². The highest BCUT2D eigenvalue weighted by molar-refractivity contribution is 5.94. The third-order valence-electron chi connectivity index (χ3n) is 3.82. The van der Waals surface area contributed by atoms with Gasteiger partial charge < -0.3 is 15.2 Å². The van der Waals surface area contributed by atoms with Gasteiger partial charge in [0.05, 0.1) is 0 Å². The summed E-state index contributed by atoms with van der Waals surface area (Å²) in [5.74, 6) is -1.40. The number of ketones is 1. The molecular weight excluding hydrogens is 334 g/mol. The minimum atomic E-state index is -1.12. The lowest BCUT2D eigenvalue weighted by Gasteiger charge is -2.19. The van der Waals surface area contributed by atoms with Crippen LogP contribution in [0.15, 0.2) is 54.6 Å². The second-order valence-electron chi connectivity index (χ2n) is 5.93. The van der Waals surface area contributed by atoms with Crippen molar-refractivity contribution in [2.24, 2.45) is 0 Å². The maximum Gasteiger partial charge on any atom is 0.326 e. The van der Waals surface area contributed by atoms with Gasteiger partial charge in [0.2, 0.25) is 0 Å². The number of nitrogens with one attached hydrogen (secondary N) is 1. The van der Waals surface area contributed by atoms with E-state index in [1.165, 1.54) is 13.8 Å².